The Morgan fingerprint density at radius 2 is 2.06 bits per heavy atom. The monoisotopic (exact) mass is 267 g/mol. The van der Waals surface area contributed by atoms with Gasteiger partial charge in [-0.2, -0.15) is 11.3 Å². The topological polar surface area (TPSA) is 30.5 Å². The Hall–Kier alpha value is -0.420. The zero-order valence-corrected chi connectivity index (χ0v) is 11.5. The van der Waals surface area contributed by atoms with Crippen LogP contribution < -0.4 is 5.32 Å². The predicted octanol–water partition coefficient (Wildman–Crippen LogP) is 2.57. The van der Waals surface area contributed by atoms with Gasteiger partial charge >= 0.3 is 0 Å². The average molecular weight is 267 g/mol. The number of hydrogen-bond acceptors (Lipinski definition) is 4. The molecule has 4 heteroatoms. The fraction of sp³-hybridized carbons (Fsp3) is 0.714. The Morgan fingerprint density at radius 3 is 2.72 bits per heavy atom. The van der Waals surface area contributed by atoms with Gasteiger partial charge in [0.15, 0.2) is 5.79 Å². The third kappa shape index (κ3) is 2.94. The zero-order valence-electron chi connectivity index (χ0n) is 10.7. The molecule has 0 amide bonds. The van der Waals surface area contributed by atoms with Crippen LogP contribution in [0.1, 0.15) is 31.2 Å². The van der Waals surface area contributed by atoms with Crippen molar-refractivity contribution in [2.24, 2.45) is 0 Å². The Morgan fingerprint density at radius 1 is 1.28 bits per heavy atom. The summed E-state index contributed by atoms with van der Waals surface area (Å²) in [5.74, 6) is -0.217. The van der Waals surface area contributed by atoms with Gasteiger partial charge in [-0.3, -0.25) is 0 Å². The van der Waals surface area contributed by atoms with Gasteiger partial charge in [-0.05, 0) is 48.2 Å². The van der Waals surface area contributed by atoms with Crippen molar-refractivity contribution in [2.75, 3.05) is 19.8 Å². The highest BCUT2D eigenvalue weighted by Gasteiger charge is 2.39. The summed E-state index contributed by atoms with van der Waals surface area (Å²) in [6, 6.07) is 2.85. The van der Waals surface area contributed by atoms with E-state index < -0.39 is 0 Å². The van der Waals surface area contributed by atoms with Crippen molar-refractivity contribution in [1.29, 1.82) is 0 Å². The minimum absolute atomic E-state index is 0.217. The second-order valence-electron chi connectivity index (χ2n) is 5.22. The lowest BCUT2D eigenvalue weighted by Gasteiger charge is -2.35. The van der Waals surface area contributed by atoms with Gasteiger partial charge in [0, 0.05) is 18.9 Å². The number of thiophene rings is 1. The maximum Gasteiger partial charge on any atom is 0.168 e. The summed E-state index contributed by atoms with van der Waals surface area (Å²) in [6.07, 6.45) is 5.57. The van der Waals surface area contributed by atoms with Crippen LogP contribution in [0.15, 0.2) is 16.8 Å². The molecule has 3 nitrogen and oxygen atoms in total. The van der Waals surface area contributed by atoms with Gasteiger partial charge in [0.05, 0.1) is 13.2 Å². The highest BCUT2D eigenvalue weighted by molar-refractivity contribution is 7.07. The molecule has 1 aromatic rings. The lowest BCUT2D eigenvalue weighted by Crippen LogP contribution is -2.42. The first kappa shape index (κ1) is 12.6. The van der Waals surface area contributed by atoms with Crippen molar-refractivity contribution in [3.05, 3.63) is 22.4 Å². The van der Waals surface area contributed by atoms with Gasteiger partial charge < -0.3 is 14.8 Å². The van der Waals surface area contributed by atoms with E-state index in [0.717, 1.165) is 39.0 Å². The van der Waals surface area contributed by atoms with Crippen LogP contribution in [0.4, 0.5) is 0 Å². The predicted molar refractivity (Wildman–Crippen MR) is 72.9 cm³/mol. The van der Waals surface area contributed by atoms with Crippen LogP contribution in [0, 0.1) is 0 Å². The summed E-state index contributed by atoms with van der Waals surface area (Å²) in [5, 5.41) is 8.04. The molecular weight excluding hydrogens is 246 g/mol. The lowest BCUT2D eigenvalue weighted by molar-refractivity contribution is -0.179. The standard InChI is InChI=1S/C14H21NO2S/c1-5-14(16-8-9-17-14)6-2-13(1)15-7-3-12-4-10-18-11-12/h4,10-11,13,15H,1-3,5-9H2. The van der Waals surface area contributed by atoms with E-state index in [2.05, 4.69) is 22.1 Å². The van der Waals surface area contributed by atoms with Crippen LogP contribution in [0.25, 0.3) is 0 Å². The molecular formula is C14H21NO2S. The maximum atomic E-state index is 5.74. The maximum absolute atomic E-state index is 5.74. The fourth-order valence-electron chi connectivity index (χ4n) is 2.90. The summed E-state index contributed by atoms with van der Waals surface area (Å²) < 4.78 is 11.5. The summed E-state index contributed by atoms with van der Waals surface area (Å²) in [7, 11) is 0. The average Bonchev–Trinajstić information content (AvgIpc) is 3.04. The van der Waals surface area contributed by atoms with Crippen LogP contribution >= 0.6 is 11.3 Å². The van der Waals surface area contributed by atoms with Crippen molar-refractivity contribution in [3.8, 4) is 0 Å². The molecule has 1 spiro atoms. The second kappa shape index (κ2) is 5.70. The Balaban J connectivity index is 1.38. The molecule has 1 saturated carbocycles. The van der Waals surface area contributed by atoms with Crippen molar-refractivity contribution in [1.82, 2.24) is 5.32 Å². The van der Waals surface area contributed by atoms with Crippen molar-refractivity contribution < 1.29 is 9.47 Å². The molecule has 2 aliphatic rings. The van der Waals surface area contributed by atoms with E-state index in [4.69, 9.17) is 9.47 Å². The SMILES string of the molecule is c1cc(CCNC2CCC3(CC2)OCCO3)cs1. The normalized spacial score (nSPS) is 23.8. The molecule has 1 saturated heterocycles. The second-order valence-corrected chi connectivity index (χ2v) is 6.00. The highest BCUT2D eigenvalue weighted by atomic mass is 32.1. The van der Waals surface area contributed by atoms with Gasteiger partial charge in [0.1, 0.15) is 0 Å². The van der Waals surface area contributed by atoms with Crippen LogP contribution in [0.5, 0.6) is 0 Å². The van der Waals surface area contributed by atoms with Gasteiger partial charge in [0.2, 0.25) is 0 Å². The van der Waals surface area contributed by atoms with E-state index in [9.17, 15) is 0 Å². The first-order valence-corrected chi connectivity index (χ1v) is 7.83. The Bertz CT molecular complexity index is 350. The molecule has 2 heterocycles. The minimum Gasteiger partial charge on any atom is -0.348 e. The van der Waals surface area contributed by atoms with Crippen LogP contribution in [0.3, 0.4) is 0 Å². The molecule has 1 aliphatic carbocycles. The van der Waals surface area contributed by atoms with E-state index in [-0.39, 0.29) is 5.79 Å². The molecule has 0 bridgehead atoms. The van der Waals surface area contributed by atoms with Crippen LogP contribution in [0.2, 0.25) is 0 Å². The molecule has 0 aromatic carbocycles. The molecule has 0 unspecified atom stereocenters. The molecule has 0 radical (unpaired) electrons. The molecule has 0 atom stereocenters. The van der Waals surface area contributed by atoms with Crippen molar-refractivity contribution >= 4 is 11.3 Å². The third-order valence-corrected chi connectivity index (χ3v) is 4.72. The zero-order chi connectivity index (χ0) is 12.3. The molecule has 18 heavy (non-hydrogen) atoms. The van der Waals surface area contributed by atoms with Crippen LogP contribution in [-0.2, 0) is 15.9 Å². The molecule has 1 aliphatic heterocycles. The highest BCUT2D eigenvalue weighted by Crippen LogP contribution is 2.35. The first-order chi connectivity index (χ1) is 8.86. The number of nitrogens with one attached hydrogen (secondary N) is 1. The lowest BCUT2D eigenvalue weighted by atomic mass is 9.90. The van der Waals surface area contributed by atoms with Crippen molar-refractivity contribution in [2.45, 2.75) is 43.9 Å². The molecule has 3 rings (SSSR count). The Labute approximate surface area is 112 Å². The number of ether oxygens (including phenoxy) is 2. The summed E-state index contributed by atoms with van der Waals surface area (Å²) in [6.45, 7) is 2.63. The largest absolute Gasteiger partial charge is 0.348 e. The molecule has 1 N–H and O–H groups in total. The Kier molecular flexibility index (Phi) is 3.99. The molecule has 100 valence electrons. The summed E-state index contributed by atoms with van der Waals surface area (Å²) in [4.78, 5) is 0. The smallest absolute Gasteiger partial charge is 0.168 e. The van der Waals surface area contributed by atoms with E-state index in [0.29, 0.717) is 6.04 Å². The third-order valence-electron chi connectivity index (χ3n) is 3.99. The summed E-state index contributed by atoms with van der Waals surface area (Å²) in [5.41, 5.74) is 1.45. The van der Waals surface area contributed by atoms with E-state index in [1.807, 2.05) is 0 Å². The van der Waals surface area contributed by atoms with Gasteiger partial charge in [0.25, 0.3) is 0 Å². The van der Waals surface area contributed by atoms with Crippen LogP contribution in [-0.4, -0.2) is 31.6 Å². The van der Waals surface area contributed by atoms with E-state index >= 15 is 0 Å². The number of hydrogen-bond donors (Lipinski definition) is 1. The van der Waals surface area contributed by atoms with Gasteiger partial charge in [-0.1, -0.05) is 0 Å². The van der Waals surface area contributed by atoms with Crippen molar-refractivity contribution in [3.63, 3.8) is 0 Å². The first-order valence-electron chi connectivity index (χ1n) is 6.89. The van der Waals surface area contributed by atoms with E-state index in [1.54, 1.807) is 11.3 Å². The molecule has 2 fully saturated rings. The van der Waals surface area contributed by atoms with Gasteiger partial charge in [-0.25, -0.2) is 0 Å². The van der Waals surface area contributed by atoms with Gasteiger partial charge in [-0.15, -0.1) is 0 Å². The minimum atomic E-state index is -0.217. The molecule has 1 aromatic heterocycles. The quantitative estimate of drug-likeness (QED) is 0.909. The fourth-order valence-corrected chi connectivity index (χ4v) is 3.61. The summed E-state index contributed by atoms with van der Waals surface area (Å²) >= 11 is 1.78. The van der Waals surface area contributed by atoms with E-state index in [1.165, 1.54) is 18.4 Å². The number of rotatable bonds is 4.